The van der Waals surface area contributed by atoms with Crippen molar-refractivity contribution in [3.63, 3.8) is 0 Å². The molecule has 142 valence electrons. The molecule has 0 spiro atoms. The van der Waals surface area contributed by atoms with E-state index in [0.717, 1.165) is 5.56 Å². The number of rotatable bonds is 5. The van der Waals surface area contributed by atoms with E-state index in [4.69, 9.17) is 23.8 Å². The molecular formula is C19H25NO6. The second-order valence-electron chi connectivity index (χ2n) is 6.74. The van der Waals surface area contributed by atoms with Gasteiger partial charge in [-0.25, -0.2) is 5.06 Å². The summed E-state index contributed by atoms with van der Waals surface area (Å²) in [5.41, 5.74) is 1.41. The first kappa shape index (κ1) is 19.0. The number of methoxy groups -OCH3 is 1. The van der Waals surface area contributed by atoms with Gasteiger partial charge in [0.15, 0.2) is 12.1 Å². The van der Waals surface area contributed by atoms with E-state index >= 15 is 0 Å². The van der Waals surface area contributed by atoms with Gasteiger partial charge in [-0.1, -0.05) is 24.3 Å². The van der Waals surface area contributed by atoms with Crippen LogP contribution in [0.2, 0.25) is 0 Å². The number of hydrogen-bond donors (Lipinski definition) is 0. The van der Waals surface area contributed by atoms with E-state index in [1.165, 1.54) is 12.2 Å². The maximum Gasteiger partial charge on any atom is 0.277 e. The normalized spacial score (nSPS) is 29.9. The van der Waals surface area contributed by atoms with Gasteiger partial charge in [-0.05, 0) is 31.5 Å². The van der Waals surface area contributed by atoms with Crippen molar-refractivity contribution in [2.24, 2.45) is 0 Å². The highest BCUT2D eigenvalue weighted by atomic mass is 16.8. The van der Waals surface area contributed by atoms with E-state index < -0.39 is 12.1 Å². The molecule has 2 aliphatic rings. The van der Waals surface area contributed by atoms with Crippen LogP contribution in [-0.2, 0) is 23.8 Å². The van der Waals surface area contributed by atoms with Crippen LogP contribution in [0.15, 0.2) is 30.3 Å². The van der Waals surface area contributed by atoms with E-state index in [-0.39, 0.29) is 24.2 Å². The van der Waals surface area contributed by atoms with Gasteiger partial charge in [-0.3, -0.25) is 9.63 Å². The van der Waals surface area contributed by atoms with Crippen LogP contribution in [0.25, 0.3) is 6.08 Å². The molecule has 0 saturated carbocycles. The fraction of sp³-hybridized carbons (Fsp3) is 0.526. The van der Waals surface area contributed by atoms with E-state index in [2.05, 4.69) is 0 Å². The largest absolute Gasteiger partial charge is 0.353 e. The molecule has 0 aliphatic carbocycles. The molecule has 4 atom stereocenters. The summed E-state index contributed by atoms with van der Waals surface area (Å²) in [7, 11) is 4.61. The SMILES string of the molecule is CO[C@H]1O[C@@H](/C=C/c2cccc(C(=O)N(C)OC)c2)[C@@H]2OC(C)(C)O[C@H]12. The number of fused-ring (bicyclic) bond motifs is 1. The molecule has 0 N–H and O–H groups in total. The van der Waals surface area contributed by atoms with Crippen LogP contribution in [0.5, 0.6) is 0 Å². The zero-order valence-corrected chi connectivity index (χ0v) is 15.7. The molecule has 0 radical (unpaired) electrons. The predicted molar refractivity (Wildman–Crippen MR) is 94.1 cm³/mol. The number of hydrogen-bond acceptors (Lipinski definition) is 6. The van der Waals surface area contributed by atoms with Gasteiger partial charge in [0.2, 0.25) is 0 Å². The van der Waals surface area contributed by atoms with Crippen molar-refractivity contribution in [1.82, 2.24) is 5.06 Å². The van der Waals surface area contributed by atoms with Gasteiger partial charge in [0.05, 0.1) is 7.11 Å². The van der Waals surface area contributed by atoms with Crippen molar-refractivity contribution in [3.8, 4) is 0 Å². The van der Waals surface area contributed by atoms with Gasteiger partial charge in [-0.2, -0.15) is 0 Å². The number of carbonyl (C=O) groups excluding carboxylic acids is 1. The minimum Gasteiger partial charge on any atom is -0.353 e. The van der Waals surface area contributed by atoms with Crippen molar-refractivity contribution in [2.75, 3.05) is 21.3 Å². The molecule has 0 aromatic heterocycles. The van der Waals surface area contributed by atoms with Crippen molar-refractivity contribution in [3.05, 3.63) is 41.5 Å². The molecule has 2 heterocycles. The van der Waals surface area contributed by atoms with Crippen molar-refractivity contribution in [2.45, 2.75) is 44.2 Å². The quantitative estimate of drug-likeness (QED) is 0.748. The molecule has 2 saturated heterocycles. The highest BCUT2D eigenvalue weighted by molar-refractivity contribution is 5.93. The van der Waals surface area contributed by atoms with Crippen LogP contribution in [0.4, 0.5) is 0 Å². The molecule has 2 fully saturated rings. The monoisotopic (exact) mass is 363 g/mol. The van der Waals surface area contributed by atoms with Crippen LogP contribution in [0.3, 0.4) is 0 Å². The molecule has 1 amide bonds. The number of benzene rings is 1. The highest BCUT2D eigenvalue weighted by Crippen LogP contribution is 2.39. The molecule has 0 bridgehead atoms. The standard InChI is InChI=1S/C19H25NO6/c1-19(2)25-15-14(24-18(22-4)16(15)26-19)10-9-12-7-6-8-13(11-12)17(21)20(3)23-5/h6-11,14-16,18H,1-5H3/b10-9+/t14-,15-,16-,18-/m0/s1. The van der Waals surface area contributed by atoms with E-state index in [1.807, 2.05) is 38.1 Å². The van der Waals surface area contributed by atoms with Crippen LogP contribution in [0.1, 0.15) is 29.8 Å². The first-order valence-corrected chi connectivity index (χ1v) is 8.49. The number of ether oxygens (including phenoxy) is 4. The molecular weight excluding hydrogens is 338 g/mol. The zero-order chi connectivity index (χ0) is 18.9. The first-order valence-electron chi connectivity index (χ1n) is 8.49. The van der Waals surface area contributed by atoms with Crippen LogP contribution in [-0.4, -0.2) is 62.6 Å². The lowest BCUT2D eigenvalue weighted by atomic mass is 10.1. The Morgan fingerprint density at radius 1 is 1.23 bits per heavy atom. The molecule has 2 aliphatic heterocycles. The fourth-order valence-electron chi connectivity index (χ4n) is 3.18. The fourth-order valence-corrected chi connectivity index (χ4v) is 3.18. The molecule has 1 aromatic rings. The first-order chi connectivity index (χ1) is 12.3. The van der Waals surface area contributed by atoms with Crippen LogP contribution >= 0.6 is 0 Å². The number of hydroxylamine groups is 2. The number of carbonyl (C=O) groups is 1. The summed E-state index contributed by atoms with van der Waals surface area (Å²) in [4.78, 5) is 17.1. The van der Waals surface area contributed by atoms with Crippen molar-refractivity contribution in [1.29, 1.82) is 0 Å². The maximum absolute atomic E-state index is 12.2. The highest BCUT2D eigenvalue weighted by Gasteiger charge is 2.54. The Kier molecular flexibility index (Phi) is 5.45. The predicted octanol–water partition coefficient (Wildman–Crippen LogP) is 2.22. The molecule has 3 rings (SSSR count). The lowest BCUT2D eigenvalue weighted by Gasteiger charge is -2.22. The van der Waals surface area contributed by atoms with E-state index in [1.54, 1.807) is 26.3 Å². The Bertz CT molecular complexity index is 688. The second-order valence-corrected chi connectivity index (χ2v) is 6.74. The van der Waals surface area contributed by atoms with Crippen molar-refractivity contribution < 1.29 is 28.6 Å². The summed E-state index contributed by atoms with van der Waals surface area (Å²) in [6, 6.07) is 7.28. The third-order valence-electron chi connectivity index (χ3n) is 4.45. The Labute approximate surface area is 153 Å². The maximum atomic E-state index is 12.2. The second kappa shape index (κ2) is 7.46. The van der Waals surface area contributed by atoms with Gasteiger partial charge >= 0.3 is 0 Å². The molecule has 0 unspecified atom stereocenters. The molecule has 7 nitrogen and oxygen atoms in total. The topological polar surface area (TPSA) is 66.5 Å². The summed E-state index contributed by atoms with van der Waals surface area (Å²) in [6.07, 6.45) is 2.53. The Hall–Kier alpha value is -1.77. The van der Waals surface area contributed by atoms with Gasteiger partial charge in [0.1, 0.15) is 18.3 Å². The number of amides is 1. The molecule has 1 aromatic carbocycles. The zero-order valence-electron chi connectivity index (χ0n) is 15.7. The van der Waals surface area contributed by atoms with Gasteiger partial charge in [0, 0.05) is 19.7 Å². The summed E-state index contributed by atoms with van der Waals surface area (Å²) in [5.74, 6) is -0.882. The Morgan fingerprint density at radius 2 is 1.96 bits per heavy atom. The Balaban J connectivity index is 1.75. The van der Waals surface area contributed by atoms with Crippen LogP contribution < -0.4 is 0 Å². The van der Waals surface area contributed by atoms with Gasteiger partial charge in [-0.15, -0.1) is 0 Å². The average Bonchev–Trinajstić information content (AvgIpc) is 3.11. The molecule has 7 heteroatoms. The third-order valence-corrected chi connectivity index (χ3v) is 4.45. The minimum atomic E-state index is -0.668. The third kappa shape index (κ3) is 3.82. The summed E-state index contributed by atoms with van der Waals surface area (Å²) in [5, 5.41) is 1.18. The lowest BCUT2D eigenvalue weighted by molar-refractivity contribution is -0.221. The Morgan fingerprint density at radius 3 is 2.65 bits per heavy atom. The minimum absolute atomic E-state index is 0.214. The van der Waals surface area contributed by atoms with Crippen LogP contribution in [0, 0.1) is 0 Å². The summed E-state index contributed by atoms with van der Waals surface area (Å²) >= 11 is 0. The molecule has 26 heavy (non-hydrogen) atoms. The number of nitrogens with zero attached hydrogens (tertiary/aromatic N) is 1. The van der Waals surface area contributed by atoms with Gasteiger partial charge < -0.3 is 18.9 Å². The average molecular weight is 363 g/mol. The smallest absolute Gasteiger partial charge is 0.277 e. The van der Waals surface area contributed by atoms with Gasteiger partial charge in [0.25, 0.3) is 5.91 Å². The van der Waals surface area contributed by atoms with Crippen molar-refractivity contribution >= 4 is 12.0 Å². The van der Waals surface area contributed by atoms with E-state index in [9.17, 15) is 4.79 Å². The summed E-state index contributed by atoms with van der Waals surface area (Å²) < 4.78 is 23.1. The van der Waals surface area contributed by atoms with E-state index in [0.29, 0.717) is 5.56 Å². The summed E-state index contributed by atoms with van der Waals surface area (Å²) in [6.45, 7) is 3.75. The lowest BCUT2D eigenvalue weighted by Crippen LogP contribution is -2.30.